The highest BCUT2D eigenvalue weighted by Crippen LogP contribution is 2.29. The highest BCUT2D eigenvalue weighted by molar-refractivity contribution is 5.76. The number of fused-ring (bicyclic) bond motifs is 2. The summed E-state index contributed by atoms with van der Waals surface area (Å²) < 4.78 is 5.70. The average Bonchev–Trinajstić information content (AvgIpc) is 3.27. The second-order valence-electron chi connectivity index (χ2n) is 8.93. The molecule has 0 fully saturated rings. The second-order valence-corrected chi connectivity index (χ2v) is 8.93. The minimum absolute atomic E-state index is 0.0469. The topological polar surface area (TPSA) is 75.3 Å². The van der Waals surface area contributed by atoms with Crippen LogP contribution in [0.2, 0.25) is 0 Å². The number of nitrogens with zero attached hydrogens (tertiary/aromatic N) is 1. The first-order chi connectivity index (χ1) is 15.7. The zero-order chi connectivity index (χ0) is 22.2. The van der Waals surface area contributed by atoms with Crippen molar-refractivity contribution >= 4 is 11.6 Å². The maximum Gasteiger partial charge on any atom is 0.131 e. The van der Waals surface area contributed by atoms with Crippen LogP contribution in [0.15, 0.2) is 30.3 Å². The molecular weight excluding hydrogens is 400 g/mol. The molecule has 32 heavy (non-hydrogen) atoms. The Morgan fingerprint density at radius 3 is 2.91 bits per heavy atom. The van der Waals surface area contributed by atoms with E-state index in [1.807, 2.05) is 0 Å². The summed E-state index contributed by atoms with van der Waals surface area (Å²) in [6.07, 6.45) is 6.93. The molecule has 0 amide bonds. The highest BCUT2D eigenvalue weighted by atomic mass is 16.5. The number of carbonyl (C=O) groups is 1. The monoisotopic (exact) mass is 436 g/mol. The number of aromatic nitrogens is 1. The summed E-state index contributed by atoms with van der Waals surface area (Å²) in [7, 11) is 0. The van der Waals surface area contributed by atoms with Crippen LogP contribution < -0.4 is 20.7 Å². The maximum absolute atomic E-state index is 11.8. The number of carbonyl (C=O) groups excluding carboxylic acids is 1. The molecule has 4 rings (SSSR count). The van der Waals surface area contributed by atoms with Gasteiger partial charge in [0.05, 0.1) is 6.61 Å². The Bertz CT molecular complexity index is 915. The Labute approximate surface area is 191 Å². The van der Waals surface area contributed by atoms with Gasteiger partial charge in [0, 0.05) is 31.1 Å². The van der Waals surface area contributed by atoms with Crippen LogP contribution in [-0.4, -0.2) is 43.6 Å². The summed E-state index contributed by atoms with van der Waals surface area (Å²) in [6, 6.07) is 10.8. The molecule has 1 aromatic heterocycles. The van der Waals surface area contributed by atoms with Crippen LogP contribution in [0, 0.1) is 0 Å². The minimum atomic E-state index is 0.0469. The van der Waals surface area contributed by atoms with E-state index in [2.05, 4.69) is 46.3 Å². The van der Waals surface area contributed by atoms with Crippen LogP contribution in [0.1, 0.15) is 61.0 Å². The highest BCUT2D eigenvalue weighted by Gasteiger charge is 2.18. The van der Waals surface area contributed by atoms with Crippen molar-refractivity contribution in [3.8, 4) is 5.75 Å². The van der Waals surface area contributed by atoms with E-state index in [0.29, 0.717) is 6.42 Å². The second kappa shape index (κ2) is 11.4. The number of nitrogens with one attached hydrogen (secondary N) is 3. The SMILES string of the molecule is CC(=O)C[C@H](NCCCNCCCc1ccc2c(n1)NCCC2)c1ccc2c(c1)OCC2. The molecule has 0 spiro atoms. The summed E-state index contributed by atoms with van der Waals surface area (Å²) in [5.74, 6) is 2.26. The lowest BCUT2D eigenvalue weighted by Crippen LogP contribution is -2.27. The van der Waals surface area contributed by atoms with Crippen molar-refractivity contribution in [2.24, 2.45) is 0 Å². The van der Waals surface area contributed by atoms with Crippen molar-refractivity contribution < 1.29 is 9.53 Å². The number of Topliss-reactive ketones (excluding diaryl/α,β-unsaturated/α-hetero) is 1. The van der Waals surface area contributed by atoms with E-state index in [-0.39, 0.29) is 11.8 Å². The van der Waals surface area contributed by atoms with Gasteiger partial charge in [-0.2, -0.15) is 0 Å². The van der Waals surface area contributed by atoms with Crippen LogP contribution in [0.5, 0.6) is 5.75 Å². The summed E-state index contributed by atoms with van der Waals surface area (Å²) in [5, 5.41) is 10.5. The van der Waals surface area contributed by atoms with Gasteiger partial charge in [-0.05, 0) is 87.5 Å². The molecule has 3 heterocycles. The number of benzene rings is 1. The third-order valence-corrected chi connectivity index (χ3v) is 6.27. The van der Waals surface area contributed by atoms with E-state index < -0.39 is 0 Å². The molecule has 0 radical (unpaired) electrons. The Hall–Kier alpha value is -2.44. The average molecular weight is 437 g/mol. The standard InChI is InChI=1S/C26H36N4O2/c1-19(31)17-24(22-8-7-20-11-16-32-25(20)18-22)28-15-4-13-27-12-3-6-23-10-9-21-5-2-14-29-26(21)30-23/h7-10,18,24,27-28H,2-6,11-17H2,1H3,(H,29,30)/t24-/m0/s1. The van der Waals surface area contributed by atoms with Gasteiger partial charge in [0.2, 0.25) is 0 Å². The van der Waals surface area contributed by atoms with Gasteiger partial charge in [0.1, 0.15) is 17.4 Å². The number of anilines is 1. The van der Waals surface area contributed by atoms with Gasteiger partial charge in [-0.3, -0.25) is 4.79 Å². The van der Waals surface area contributed by atoms with E-state index in [1.165, 1.54) is 23.2 Å². The number of rotatable bonds is 12. The molecule has 2 aliphatic rings. The number of aryl methyl sites for hydroxylation is 2. The number of hydrogen-bond donors (Lipinski definition) is 3. The molecule has 0 bridgehead atoms. The summed E-state index contributed by atoms with van der Waals surface area (Å²) in [5.41, 5.74) is 4.93. The summed E-state index contributed by atoms with van der Waals surface area (Å²) in [6.45, 7) is 6.28. The molecule has 6 nitrogen and oxygen atoms in total. The van der Waals surface area contributed by atoms with Crippen LogP contribution in [-0.2, 0) is 24.1 Å². The first-order valence-electron chi connectivity index (χ1n) is 12.1. The third-order valence-electron chi connectivity index (χ3n) is 6.27. The number of pyridine rings is 1. The zero-order valence-corrected chi connectivity index (χ0v) is 19.2. The molecule has 0 unspecified atom stereocenters. The third kappa shape index (κ3) is 6.30. The van der Waals surface area contributed by atoms with E-state index in [1.54, 1.807) is 6.92 Å². The van der Waals surface area contributed by atoms with Crippen LogP contribution in [0.25, 0.3) is 0 Å². The lowest BCUT2D eigenvalue weighted by molar-refractivity contribution is -0.117. The van der Waals surface area contributed by atoms with Crippen molar-refractivity contribution in [3.05, 3.63) is 52.7 Å². The fourth-order valence-corrected chi connectivity index (χ4v) is 4.51. The lowest BCUT2D eigenvalue weighted by Gasteiger charge is -2.19. The lowest BCUT2D eigenvalue weighted by atomic mass is 9.99. The maximum atomic E-state index is 11.8. The molecule has 1 aromatic carbocycles. The van der Waals surface area contributed by atoms with Gasteiger partial charge in [0.15, 0.2) is 0 Å². The Balaban J connectivity index is 1.14. The fraction of sp³-hybridized carbons (Fsp3) is 0.538. The quantitative estimate of drug-likeness (QED) is 0.442. The molecule has 6 heteroatoms. The van der Waals surface area contributed by atoms with E-state index in [4.69, 9.17) is 9.72 Å². The molecule has 3 N–H and O–H groups in total. The van der Waals surface area contributed by atoms with Crippen LogP contribution in [0.4, 0.5) is 5.82 Å². The Morgan fingerprint density at radius 2 is 2.00 bits per heavy atom. The summed E-state index contributed by atoms with van der Waals surface area (Å²) >= 11 is 0. The van der Waals surface area contributed by atoms with Crippen molar-refractivity contribution in [2.75, 3.05) is 38.1 Å². The van der Waals surface area contributed by atoms with Crippen LogP contribution in [0.3, 0.4) is 0 Å². The molecule has 0 aliphatic carbocycles. The van der Waals surface area contributed by atoms with Gasteiger partial charge >= 0.3 is 0 Å². The fourth-order valence-electron chi connectivity index (χ4n) is 4.51. The molecule has 172 valence electrons. The van der Waals surface area contributed by atoms with Gasteiger partial charge < -0.3 is 20.7 Å². The first kappa shape index (κ1) is 22.7. The molecule has 2 aliphatic heterocycles. The Kier molecular flexibility index (Phi) is 8.13. The predicted octanol–water partition coefficient (Wildman–Crippen LogP) is 3.60. The zero-order valence-electron chi connectivity index (χ0n) is 19.2. The van der Waals surface area contributed by atoms with E-state index in [0.717, 1.165) is 82.0 Å². The molecule has 1 atom stereocenters. The predicted molar refractivity (Wildman–Crippen MR) is 129 cm³/mol. The smallest absolute Gasteiger partial charge is 0.131 e. The van der Waals surface area contributed by atoms with Gasteiger partial charge in [-0.15, -0.1) is 0 Å². The van der Waals surface area contributed by atoms with Gasteiger partial charge in [-0.1, -0.05) is 18.2 Å². The molecule has 0 saturated heterocycles. The van der Waals surface area contributed by atoms with Crippen molar-refractivity contribution in [1.29, 1.82) is 0 Å². The van der Waals surface area contributed by atoms with Crippen molar-refractivity contribution in [2.45, 2.75) is 57.9 Å². The summed E-state index contributed by atoms with van der Waals surface area (Å²) in [4.78, 5) is 16.5. The van der Waals surface area contributed by atoms with E-state index >= 15 is 0 Å². The van der Waals surface area contributed by atoms with Gasteiger partial charge in [-0.25, -0.2) is 4.98 Å². The van der Waals surface area contributed by atoms with Crippen molar-refractivity contribution in [1.82, 2.24) is 15.6 Å². The minimum Gasteiger partial charge on any atom is -0.493 e. The molecule has 0 saturated carbocycles. The first-order valence-corrected chi connectivity index (χ1v) is 12.1. The largest absolute Gasteiger partial charge is 0.493 e. The molecular formula is C26H36N4O2. The Morgan fingerprint density at radius 1 is 1.12 bits per heavy atom. The number of ketones is 1. The molecule has 2 aromatic rings. The van der Waals surface area contributed by atoms with Crippen LogP contribution >= 0.6 is 0 Å². The van der Waals surface area contributed by atoms with Crippen molar-refractivity contribution in [3.63, 3.8) is 0 Å². The number of hydrogen-bond acceptors (Lipinski definition) is 6. The number of ether oxygens (including phenoxy) is 1. The van der Waals surface area contributed by atoms with Gasteiger partial charge in [0.25, 0.3) is 0 Å². The van der Waals surface area contributed by atoms with E-state index in [9.17, 15) is 4.79 Å². The normalized spacial score (nSPS) is 15.4.